The lowest BCUT2D eigenvalue weighted by Gasteiger charge is -2.01. The molecule has 2 aromatic heterocycles. The average molecular weight is 298 g/mol. The average Bonchev–Trinajstić information content (AvgIpc) is 2.72. The zero-order valence-corrected chi connectivity index (χ0v) is 12.1. The number of thioether (sulfide) groups is 1. The maximum atomic E-state index is 11.8. The molecule has 0 fully saturated rings. The highest BCUT2D eigenvalue weighted by Gasteiger charge is 2.16. The quantitative estimate of drug-likeness (QED) is 0.610. The Labute approximate surface area is 117 Å². The number of aromatic nitrogens is 4. The van der Waals surface area contributed by atoms with Crippen molar-refractivity contribution < 1.29 is 9.53 Å². The van der Waals surface area contributed by atoms with Crippen LogP contribution in [0.2, 0.25) is 0 Å². The first-order valence-electron chi connectivity index (χ1n) is 5.89. The third-order valence-electron chi connectivity index (χ3n) is 2.72. The van der Waals surface area contributed by atoms with Gasteiger partial charge in [0, 0.05) is 14.1 Å². The van der Waals surface area contributed by atoms with Crippen molar-refractivity contribution in [3.05, 3.63) is 20.8 Å². The number of H-pyrrole nitrogens is 1. The molecule has 0 aliphatic rings. The number of nitrogens with zero attached hydrogens (tertiary/aromatic N) is 3. The smallest absolute Gasteiger partial charge is 0.329 e. The Morgan fingerprint density at radius 2 is 2.05 bits per heavy atom. The van der Waals surface area contributed by atoms with Gasteiger partial charge in [-0.15, -0.1) is 0 Å². The van der Waals surface area contributed by atoms with E-state index in [1.807, 2.05) is 0 Å². The Morgan fingerprint density at radius 1 is 1.35 bits per heavy atom. The van der Waals surface area contributed by atoms with E-state index in [9.17, 15) is 14.4 Å². The number of aryl methyl sites for hydroxylation is 2. The highest BCUT2D eigenvalue weighted by molar-refractivity contribution is 7.99. The number of fused-ring (bicyclic) bond motifs is 1. The van der Waals surface area contributed by atoms with E-state index in [-0.39, 0.29) is 17.4 Å². The molecule has 0 aliphatic heterocycles. The molecule has 9 heteroatoms. The lowest BCUT2D eigenvalue weighted by atomic mass is 10.5. The second kappa shape index (κ2) is 5.53. The number of hydrogen-bond acceptors (Lipinski definition) is 6. The van der Waals surface area contributed by atoms with E-state index in [4.69, 9.17) is 4.74 Å². The van der Waals surface area contributed by atoms with Crippen LogP contribution < -0.4 is 11.2 Å². The minimum Gasteiger partial charge on any atom is -0.465 e. The van der Waals surface area contributed by atoms with Gasteiger partial charge >= 0.3 is 11.7 Å². The zero-order chi connectivity index (χ0) is 14.9. The molecule has 0 bridgehead atoms. The molecule has 0 saturated carbocycles. The van der Waals surface area contributed by atoms with Crippen LogP contribution in [0.4, 0.5) is 0 Å². The second-order valence-corrected chi connectivity index (χ2v) is 4.98. The van der Waals surface area contributed by atoms with Crippen LogP contribution in [-0.2, 0) is 23.6 Å². The summed E-state index contributed by atoms with van der Waals surface area (Å²) in [5.74, 6) is -0.260. The van der Waals surface area contributed by atoms with Crippen molar-refractivity contribution in [3.63, 3.8) is 0 Å². The molecule has 2 rings (SSSR count). The van der Waals surface area contributed by atoms with Gasteiger partial charge in [0.25, 0.3) is 5.56 Å². The van der Waals surface area contributed by atoms with Crippen LogP contribution in [0.1, 0.15) is 6.92 Å². The van der Waals surface area contributed by atoms with Gasteiger partial charge in [0.15, 0.2) is 16.3 Å². The van der Waals surface area contributed by atoms with Crippen molar-refractivity contribution >= 4 is 28.9 Å². The lowest BCUT2D eigenvalue weighted by molar-refractivity contribution is -0.139. The summed E-state index contributed by atoms with van der Waals surface area (Å²) in [7, 11) is 3.18. The number of hydrogen-bond donors (Lipinski definition) is 1. The third kappa shape index (κ3) is 2.48. The SMILES string of the molecule is CCOC(=O)CSc1nc2c(c(=O)[nH]c(=O)n2C)n1C. The van der Waals surface area contributed by atoms with Gasteiger partial charge in [0.1, 0.15) is 0 Å². The van der Waals surface area contributed by atoms with Crippen molar-refractivity contribution in [2.24, 2.45) is 14.1 Å². The van der Waals surface area contributed by atoms with Crippen molar-refractivity contribution in [1.82, 2.24) is 19.1 Å². The Morgan fingerprint density at radius 3 is 2.70 bits per heavy atom. The first kappa shape index (κ1) is 14.4. The van der Waals surface area contributed by atoms with Crippen molar-refractivity contribution in [2.75, 3.05) is 12.4 Å². The minimum absolute atomic E-state index is 0.0941. The number of carbonyl (C=O) groups is 1. The van der Waals surface area contributed by atoms with Gasteiger partial charge in [0.05, 0.1) is 12.4 Å². The van der Waals surface area contributed by atoms with Gasteiger partial charge in [-0.3, -0.25) is 19.1 Å². The molecule has 108 valence electrons. The molecule has 0 amide bonds. The summed E-state index contributed by atoms with van der Waals surface area (Å²) in [6, 6.07) is 0. The van der Waals surface area contributed by atoms with Crippen LogP contribution in [-0.4, -0.2) is 37.4 Å². The highest BCUT2D eigenvalue weighted by atomic mass is 32.2. The van der Waals surface area contributed by atoms with Gasteiger partial charge in [-0.25, -0.2) is 9.78 Å². The molecular formula is C11H14N4O4S. The van der Waals surface area contributed by atoms with Crippen molar-refractivity contribution in [3.8, 4) is 0 Å². The van der Waals surface area contributed by atoms with Crippen LogP contribution in [0.15, 0.2) is 14.7 Å². The monoisotopic (exact) mass is 298 g/mol. The summed E-state index contributed by atoms with van der Waals surface area (Å²) in [6.07, 6.45) is 0. The van der Waals surface area contributed by atoms with E-state index in [1.165, 1.54) is 11.6 Å². The Bertz CT molecular complexity index is 773. The number of aromatic amines is 1. The summed E-state index contributed by atoms with van der Waals surface area (Å²) < 4.78 is 7.63. The highest BCUT2D eigenvalue weighted by Crippen LogP contribution is 2.19. The number of rotatable bonds is 4. The Balaban J connectivity index is 2.42. The van der Waals surface area contributed by atoms with E-state index in [1.54, 1.807) is 18.5 Å². The van der Waals surface area contributed by atoms with Crippen molar-refractivity contribution in [2.45, 2.75) is 12.1 Å². The van der Waals surface area contributed by atoms with Crippen LogP contribution in [0.25, 0.3) is 11.2 Å². The lowest BCUT2D eigenvalue weighted by Crippen LogP contribution is -2.29. The van der Waals surface area contributed by atoms with E-state index >= 15 is 0 Å². The Kier molecular flexibility index (Phi) is 3.98. The summed E-state index contributed by atoms with van der Waals surface area (Å²) in [4.78, 5) is 41.1. The van der Waals surface area contributed by atoms with Crippen molar-refractivity contribution in [1.29, 1.82) is 0 Å². The van der Waals surface area contributed by atoms with Crippen LogP contribution in [0.3, 0.4) is 0 Å². The zero-order valence-electron chi connectivity index (χ0n) is 11.3. The molecule has 0 saturated heterocycles. The fourth-order valence-corrected chi connectivity index (χ4v) is 2.51. The summed E-state index contributed by atoms with van der Waals surface area (Å²) >= 11 is 1.15. The topological polar surface area (TPSA) is 99.0 Å². The fraction of sp³-hybridized carbons (Fsp3) is 0.455. The normalized spacial score (nSPS) is 10.9. The molecule has 2 aromatic rings. The summed E-state index contributed by atoms with van der Waals surface area (Å²) in [6.45, 7) is 2.04. The van der Waals surface area contributed by atoms with Crippen LogP contribution in [0.5, 0.6) is 0 Å². The van der Waals surface area contributed by atoms with Gasteiger partial charge in [-0.05, 0) is 6.92 Å². The number of imidazole rings is 1. The molecule has 0 atom stereocenters. The predicted molar refractivity (Wildman–Crippen MR) is 73.9 cm³/mol. The largest absolute Gasteiger partial charge is 0.465 e. The fourth-order valence-electron chi connectivity index (χ4n) is 1.74. The van der Waals surface area contributed by atoms with Crippen LogP contribution in [0, 0.1) is 0 Å². The third-order valence-corrected chi connectivity index (χ3v) is 3.72. The number of ether oxygens (including phenoxy) is 1. The first-order chi connectivity index (χ1) is 9.45. The molecule has 0 unspecified atom stereocenters. The molecule has 0 spiro atoms. The molecule has 0 aromatic carbocycles. The molecule has 1 N–H and O–H groups in total. The molecule has 2 heterocycles. The maximum absolute atomic E-state index is 11.8. The van der Waals surface area contributed by atoms with Crippen LogP contribution >= 0.6 is 11.8 Å². The van der Waals surface area contributed by atoms with Gasteiger partial charge in [-0.2, -0.15) is 0 Å². The summed E-state index contributed by atoms with van der Waals surface area (Å²) in [5.41, 5.74) is -0.449. The van der Waals surface area contributed by atoms with E-state index in [0.717, 1.165) is 11.8 Å². The molecule has 0 radical (unpaired) electrons. The number of carbonyl (C=O) groups excluding carboxylic acids is 1. The minimum atomic E-state index is -0.525. The van der Waals surface area contributed by atoms with Gasteiger partial charge in [0.2, 0.25) is 0 Å². The molecule has 0 aliphatic carbocycles. The number of nitrogens with one attached hydrogen (secondary N) is 1. The standard InChI is InChI=1S/C11H14N4O4S/c1-4-19-6(16)5-20-11-12-8-7(14(11)2)9(17)13-10(18)15(8)3/h4-5H2,1-3H3,(H,13,17,18). The molecular weight excluding hydrogens is 284 g/mol. The maximum Gasteiger partial charge on any atom is 0.329 e. The van der Waals surface area contributed by atoms with Gasteiger partial charge < -0.3 is 9.30 Å². The first-order valence-corrected chi connectivity index (χ1v) is 6.88. The van der Waals surface area contributed by atoms with E-state index in [0.29, 0.717) is 17.3 Å². The molecule has 8 nitrogen and oxygen atoms in total. The summed E-state index contributed by atoms with van der Waals surface area (Å²) in [5, 5.41) is 0.472. The number of esters is 1. The second-order valence-electron chi connectivity index (χ2n) is 4.04. The van der Waals surface area contributed by atoms with E-state index in [2.05, 4.69) is 9.97 Å². The predicted octanol–water partition coefficient (Wildman–Crippen LogP) is -0.385. The Hall–Kier alpha value is -2.03. The van der Waals surface area contributed by atoms with Gasteiger partial charge in [-0.1, -0.05) is 11.8 Å². The molecule has 20 heavy (non-hydrogen) atoms. The van der Waals surface area contributed by atoms with E-state index < -0.39 is 11.2 Å².